The van der Waals surface area contributed by atoms with Gasteiger partial charge in [-0.3, -0.25) is 0 Å². The van der Waals surface area contributed by atoms with Gasteiger partial charge in [0.15, 0.2) is 0 Å². The van der Waals surface area contributed by atoms with Crippen LogP contribution in [0.25, 0.3) is 0 Å². The van der Waals surface area contributed by atoms with Crippen LogP contribution in [0.5, 0.6) is 0 Å². The third-order valence-electron chi connectivity index (χ3n) is 3.20. The Morgan fingerprint density at radius 3 is 1.81 bits per heavy atom. The quantitative estimate of drug-likeness (QED) is 0.752. The van der Waals surface area contributed by atoms with E-state index >= 15 is 0 Å². The molecule has 146 valence electrons. The van der Waals surface area contributed by atoms with Crippen LogP contribution >= 0.6 is 0 Å². The monoisotopic (exact) mass is 388 g/mol. The van der Waals surface area contributed by atoms with Crippen molar-refractivity contribution >= 4 is 12.2 Å². The van der Waals surface area contributed by atoms with Crippen LogP contribution in [-0.2, 0) is 15.9 Å². The Kier molecular flexibility index (Phi) is 6.34. The molecule has 26 heavy (non-hydrogen) atoms. The van der Waals surface area contributed by atoms with E-state index in [4.69, 9.17) is 0 Å². The number of amides is 2. The Hall–Kier alpha value is -2.66. The Morgan fingerprint density at radius 2 is 1.42 bits per heavy atom. The molecule has 0 aromatic heterocycles. The van der Waals surface area contributed by atoms with Crippen LogP contribution in [0, 0.1) is 0 Å². The molecule has 12 heteroatoms. The Bertz CT molecular complexity index is 674. The van der Waals surface area contributed by atoms with Gasteiger partial charge in [-0.15, -0.1) is 0 Å². The zero-order valence-electron chi connectivity index (χ0n) is 13.1. The molecule has 2 amide bonds. The predicted octanol–water partition coefficient (Wildman–Crippen LogP) is 3.65. The minimum Gasteiger partial charge on any atom is -0.432 e. The molecule has 0 radical (unpaired) electrons. The fraction of sp³-hybridized carbons (Fsp3) is 0.429. The van der Waals surface area contributed by atoms with Crippen molar-refractivity contribution < 1.29 is 45.4 Å². The van der Waals surface area contributed by atoms with Crippen LogP contribution in [0.3, 0.4) is 0 Å². The third-order valence-corrected chi connectivity index (χ3v) is 3.20. The molecule has 1 aromatic carbocycles. The Balaban J connectivity index is 3.54. The van der Waals surface area contributed by atoms with Crippen LogP contribution < -0.4 is 11.5 Å². The maximum atomic E-state index is 13.2. The molecule has 4 N–H and O–H groups in total. The Morgan fingerprint density at radius 1 is 0.962 bits per heavy atom. The second-order valence-electron chi connectivity index (χ2n) is 5.03. The van der Waals surface area contributed by atoms with E-state index in [1.54, 1.807) is 0 Å². The summed E-state index contributed by atoms with van der Waals surface area (Å²) in [6, 6.07) is 2.29. The van der Waals surface area contributed by atoms with Gasteiger partial charge in [-0.2, -0.15) is 26.3 Å². The van der Waals surface area contributed by atoms with E-state index in [2.05, 4.69) is 20.9 Å². The normalized spacial score (nSPS) is 14.4. The summed E-state index contributed by atoms with van der Waals surface area (Å²) >= 11 is 0. The molecule has 0 aliphatic rings. The number of ether oxygens (including phenoxy) is 2. The van der Waals surface area contributed by atoms with E-state index in [9.17, 15) is 35.9 Å². The van der Waals surface area contributed by atoms with Crippen LogP contribution in [0.4, 0.5) is 35.9 Å². The number of rotatable bonds is 5. The van der Waals surface area contributed by atoms with Crippen molar-refractivity contribution in [3.05, 3.63) is 34.9 Å². The van der Waals surface area contributed by atoms with Crippen molar-refractivity contribution in [3.63, 3.8) is 0 Å². The van der Waals surface area contributed by atoms with E-state index < -0.39 is 47.9 Å². The zero-order chi connectivity index (χ0) is 20.3. The highest BCUT2D eigenvalue weighted by Gasteiger charge is 2.47. The SMILES string of the molecule is CCc1ccc(C(OC(N)=O)C(F)(F)F)cc1C(OC(N)=O)C(F)(F)F. The van der Waals surface area contributed by atoms with E-state index in [0.29, 0.717) is 6.07 Å². The first-order chi connectivity index (χ1) is 11.8. The summed E-state index contributed by atoms with van der Waals surface area (Å²) in [5.41, 5.74) is 7.58. The van der Waals surface area contributed by atoms with Gasteiger partial charge >= 0.3 is 24.5 Å². The molecular formula is C14H14F6N2O4. The summed E-state index contributed by atoms with van der Waals surface area (Å²) < 4.78 is 86.8. The standard InChI is InChI=1S/C14H14F6N2O4/c1-2-6-3-4-7(9(13(15,16)17)25-11(21)23)5-8(6)10(14(18,19)20)26-12(22)24/h3-5,9-10H,2H2,1H3,(H2,21,23)(H2,22,24). The predicted molar refractivity (Wildman–Crippen MR) is 74.7 cm³/mol. The van der Waals surface area contributed by atoms with Crippen LogP contribution in [0.1, 0.15) is 35.8 Å². The highest BCUT2D eigenvalue weighted by molar-refractivity contribution is 5.65. The van der Waals surface area contributed by atoms with Gasteiger partial charge in [0.1, 0.15) is 0 Å². The number of hydrogen-bond acceptors (Lipinski definition) is 4. The number of nitrogens with two attached hydrogens (primary N) is 2. The van der Waals surface area contributed by atoms with Crippen molar-refractivity contribution in [2.24, 2.45) is 11.5 Å². The number of carbonyl (C=O) groups is 2. The molecular weight excluding hydrogens is 374 g/mol. The highest BCUT2D eigenvalue weighted by atomic mass is 19.4. The molecule has 1 rings (SSSR count). The molecule has 0 heterocycles. The summed E-state index contributed by atoms with van der Waals surface area (Å²) in [5.74, 6) is 0. The van der Waals surface area contributed by atoms with E-state index in [1.807, 2.05) is 0 Å². The molecule has 0 fully saturated rings. The molecule has 1 aromatic rings. The topological polar surface area (TPSA) is 105 Å². The van der Waals surface area contributed by atoms with Crippen LogP contribution in [-0.4, -0.2) is 24.5 Å². The van der Waals surface area contributed by atoms with E-state index in [1.165, 1.54) is 6.92 Å². The third kappa shape index (κ3) is 5.43. The van der Waals surface area contributed by atoms with Crippen LogP contribution in [0.15, 0.2) is 18.2 Å². The minimum absolute atomic E-state index is 0.0162. The van der Waals surface area contributed by atoms with Crippen molar-refractivity contribution in [2.45, 2.75) is 37.9 Å². The lowest BCUT2D eigenvalue weighted by molar-refractivity contribution is -0.207. The average Bonchev–Trinajstić information content (AvgIpc) is 2.47. The number of alkyl halides is 6. The first-order valence-corrected chi connectivity index (χ1v) is 6.95. The first kappa shape index (κ1) is 21.4. The number of benzene rings is 1. The van der Waals surface area contributed by atoms with Gasteiger partial charge in [0.2, 0.25) is 12.2 Å². The molecule has 0 aliphatic carbocycles. The molecule has 6 nitrogen and oxygen atoms in total. The van der Waals surface area contributed by atoms with E-state index in [-0.39, 0.29) is 12.0 Å². The smallest absolute Gasteiger partial charge is 0.429 e. The molecule has 0 bridgehead atoms. The highest BCUT2D eigenvalue weighted by Crippen LogP contribution is 2.41. The lowest BCUT2D eigenvalue weighted by Crippen LogP contribution is -2.31. The fourth-order valence-electron chi connectivity index (χ4n) is 2.21. The largest absolute Gasteiger partial charge is 0.432 e. The van der Waals surface area contributed by atoms with Crippen molar-refractivity contribution in [1.29, 1.82) is 0 Å². The maximum Gasteiger partial charge on any atom is 0.429 e. The van der Waals surface area contributed by atoms with Gasteiger partial charge in [-0.25, -0.2) is 9.59 Å². The van der Waals surface area contributed by atoms with Crippen LogP contribution in [0.2, 0.25) is 0 Å². The summed E-state index contributed by atoms with van der Waals surface area (Å²) in [5, 5.41) is 0. The summed E-state index contributed by atoms with van der Waals surface area (Å²) in [7, 11) is 0. The number of aryl methyl sites for hydroxylation is 1. The van der Waals surface area contributed by atoms with Gasteiger partial charge < -0.3 is 20.9 Å². The number of halogens is 6. The molecule has 0 spiro atoms. The van der Waals surface area contributed by atoms with Gasteiger partial charge in [0.05, 0.1) is 0 Å². The van der Waals surface area contributed by atoms with Gasteiger partial charge in [-0.1, -0.05) is 19.1 Å². The molecule has 0 aliphatic heterocycles. The van der Waals surface area contributed by atoms with Crippen molar-refractivity contribution in [1.82, 2.24) is 0 Å². The number of carbonyl (C=O) groups excluding carboxylic acids is 2. The van der Waals surface area contributed by atoms with Crippen molar-refractivity contribution in [3.8, 4) is 0 Å². The molecule has 2 unspecified atom stereocenters. The molecule has 0 saturated carbocycles. The second-order valence-corrected chi connectivity index (χ2v) is 5.03. The van der Waals surface area contributed by atoms with Gasteiger partial charge in [0, 0.05) is 11.1 Å². The maximum absolute atomic E-state index is 13.2. The number of primary amides is 2. The summed E-state index contributed by atoms with van der Waals surface area (Å²) in [4.78, 5) is 21.5. The van der Waals surface area contributed by atoms with Gasteiger partial charge in [0.25, 0.3) is 0 Å². The lowest BCUT2D eigenvalue weighted by atomic mass is 9.95. The van der Waals surface area contributed by atoms with Gasteiger partial charge in [-0.05, 0) is 18.1 Å². The molecule has 0 saturated heterocycles. The summed E-state index contributed by atoms with van der Waals surface area (Å²) in [6.45, 7) is 1.44. The second kappa shape index (κ2) is 7.70. The fourth-order valence-corrected chi connectivity index (χ4v) is 2.21. The Labute approximate surface area is 143 Å². The average molecular weight is 388 g/mol. The molecule has 2 atom stereocenters. The van der Waals surface area contributed by atoms with Crippen molar-refractivity contribution in [2.75, 3.05) is 0 Å². The minimum atomic E-state index is -5.14. The lowest BCUT2D eigenvalue weighted by Gasteiger charge is -2.25. The summed E-state index contributed by atoms with van der Waals surface area (Å²) in [6.07, 6.45) is -19.6. The first-order valence-electron chi connectivity index (χ1n) is 6.95. The van der Waals surface area contributed by atoms with E-state index in [0.717, 1.165) is 12.1 Å². The number of hydrogen-bond donors (Lipinski definition) is 2. The zero-order valence-corrected chi connectivity index (χ0v) is 13.1.